The highest BCUT2D eigenvalue weighted by atomic mass is 16.6. The molecule has 3 rings (SSSR count). The molecule has 0 aliphatic heterocycles. The van der Waals surface area contributed by atoms with E-state index in [2.05, 4.69) is 0 Å². The largest absolute Gasteiger partial charge is 0.494 e. The molecule has 0 heterocycles. The van der Waals surface area contributed by atoms with Crippen LogP contribution in [0.5, 0.6) is 11.5 Å². The lowest BCUT2D eigenvalue weighted by atomic mass is 10.1. The first-order chi connectivity index (χ1) is 15.3. The highest BCUT2D eigenvalue weighted by molar-refractivity contribution is 5.83. The lowest BCUT2D eigenvalue weighted by Crippen LogP contribution is -2.12. The minimum atomic E-state index is -0.618. The first-order valence-electron chi connectivity index (χ1n) is 8.96. The number of non-ortho nitro benzene ring substituents is 2. The number of methoxy groups -OCH3 is 2. The van der Waals surface area contributed by atoms with E-state index in [1.54, 1.807) is 4.90 Å². The van der Waals surface area contributed by atoms with Gasteiger partial charge in [0.2, 0.25) is 0 Å². The molecule has 0 bridgehead atoms. The molecule has 0 atom stereocenters. The molecule has 0 N–H and O–H groups in total. The van der Waals surface area contributed by atoms with Crippen molar-refractivity contribution >= 4 is 34.1 Å². The molecule has 0 radical (unpaired) electrons. The first kappa shape index (κ1) is 22.0. The zero-order valence-electron chi connectivity index (χ0n) is 16.8. The van der Waals surface area contributed by atoms with E-state index in [4.69, 9.17) is 9.47 Å². The van der Waals surface area contributed by atoms with Gasteiger partial charge in [0, 0.05) is 41.7 Å². The molecule has 0 aromatic heterocycles. The highest BCUT2D eigenvalue weighted by Crippen LogP contribution is 2.45. The molecule has 0 amide bonds. The SMILES string of the molecule is COc1cc([N+](=O)[O-])c(OC)cc1N(c1ccc([N+](=O)[O-])cc1)c1ccc([N+](=O)[O-])cc1. The summed E-state index contributed by atoms with van der Waals surface area (Å²) in [7, 11) is 2.61. The van der Waals surface area contributed by atoms with Crippen LogP contribution in [0.15, 0.2) is 60.7 Å². The molecular weight excluding hydrogens is 424 g/mol. The number of hydrogen-bond acceptors (Lipinski definition) is 9. The van der Waals surface area contributed by atoms with Crippen molar-refractivity contribution in [3.63, 3.8) is 0 Å². The van der Waals surface area contributed by atoms with Crippen molar-refractivity contribution in [2.75, 3.05) is 19.1 Å². The van der Waals surface area contributed by atoms with Crippen LogP contribution < -0.4 is 14.4 Å². The summed E-state index contributed by atoms with van der Waals surface area (Å²) in [6.45, 7) is 0. The van der Waals surface area contributed by atoms with Gasteiger partial charge < -0.3 is 14.4 Å². The van der Waals surface area contributed by atoms with Gasteiger partial charge in [-0.25, -0.2) is 0 Å². The van der Waals surface area contributed by atoms with E-state index < -0.39 is 14.8 Å². The van der Waals surface area contributed by atoms with Gasteiger partial charge in [0.25, 0.3) is 11.4 Å². The molecule has 0 unspecified atom stereocenters. The van der Waals surface area contributed by atoms with Crippen LogP contribution in [-0.4, -0.2) is 29.0 Å². The number of benzene rings is 3. The molecule has 3 aromatic rings. The molecule has 32 heavy (non-hydrogen) atoms. The molecule has 164 valence electrons. The van der Waals surface area contributed by atoms with Crippen molar-refractivity contribution in [2.45, 2.75) is 0 Å². The second-order valence-corrected chi connectivity index (χ2v) is 6.34. The van der Waals surface area contributed by atoms with Crippen LogP contribution in [0.1, 0.15) is 0 Å². The summed E-state index contributed by atoms with van der Waals surface area (Å²) >= 11 is 0. The Balaban J connectivity index is 2.25. The normalized spacial score (nSPS) is 10.3. The van der Waals surface area contributed by atoms with Crippen molar-refractivity contribution in [1.29, 1.82) is 0 Å². The molecule has 12 nitrogen and oxygen atoms in total. The second kappa shape index (κ2) is 8.95. The number of nitro benzene ring substituents is 3. The molecule has 3 aromatic carbocycles. The van der Waals surface area contributed by atoms with E-state index in [1.807, 2.05) is 0 Å². The number of anilines is 3. The molecule has 0 spiro atoms. The van der Waals surface area contributed by atoms with Gasteiger partial charge in [-0.3, -0.25) is 30.3 Å². The summed E-state index contributed by atoms with van der Waals surface area (Å²) in [5, 5.41) is 33.5. The number of ether oxygens (including phenoxy) is 2. The van der Waals surface area contributed by atoms with Crippen LogP contribution in [0, 0.1) is 30.3 Å². The third-order valence-electron chi connectivity index (χ3n) is 4.56. The van der Waals surface area contributed by atoms with Crippen LogP contribution in [0.3, 0.4) is 0 Å². The molecule has 0 saturated carbocycles. The van der Waals surface area contributed by atoms with Crippen LogP contribution in [0.4, 0.5) is 34.1 Å². The molecule has 0 fully saturated rings. The Bertz CT molecular complexity index is 1120. The Morgan fingerprint density at radius 2 is 1.09 bits per heavy atom. The Labute approximate surface area is 180 Å². The zero-order valence-corrected chi connectivity index (χ0v) is 16.8. The summed E-state index contributed by atoms with van der Waals surface area (Å²) < 4.78 is 10.5. The lowest BCUT2D eigenvalue weighted by molar-refractivity contribution is -0.385. The van der Waals surface area contributed by atoms with Gasteiger partial charge in [-0.15, -0.1) is 0 Å². The maximum atomic E-state index is 11.4. The van der Waals surface area contributed by atoms with Crippen molar-refractivity contribution in [2.24, 2.45) is 0 Å². The smallest absolute Gasteiger partial charge is 0.314 e. The van der Waals surface area contributed by atoms with Gasteiger partial charge >= 0.3 is 5.69 Å². The molecule has 0 aliphatic carbocycles. The number of rotatable bonds is 8. The van der Waals surface area contributed by atoms with Crippen LogP contribution in [-0.2, 0) is 0 Å². The van der Waals surface area contributed by atoms with E-state index in [1.165, 1.54) is 74.9 Å². The van der Waals surface area contributed by atoms with E-state index in [9.17, 15) is 30.3 Å². The van der Waals surface area contributed by atoms with E-state index >= 15 is 0 Å². The quantitative estimate of drug-likeness (QED) is 0.352. The van der Waals surface area contributed by atoms with Crippen molar-refractivity contribution in [3.05, 3.63) is 91.0 Å². The minimum absolute atomic E-state index is 0.0420. The van der Waals surface area contributed by atoms with Crippen LogP contribution in [0.25, 0.3) is 0 Å². The van der Waals surface area contributed by atoms with Gasteiger partial charge in [-0.05, 0) is 24.3 Å². The van der Waals surface area contributed by atoms with Crippen LogP contribution in [0.2, 0.25) is 0 Å². The summed E-state index contributed by atoms with van der Waals surface area (Å²) in [4.78, 5) is 33.3. The van der Waals surface area contributed by atoms with Crippen molar-refractivity contribution in [1.82, 2.24) is 0 Å². The number of hydrogen-bond donors (Lipinski definition) is 0. The summed E-state index contributed by atoms with van der Waals surface area (Å²) in [5.74, 6) is 0.0776. The monoisotopic (exact) mass is 440 g/mol. The zero-order chi connectivity index (χ0) is 23.4. The summed E-state index contributed by atoms with van der Waals surface area (Å²) in [5.41, 5.74) is 0.617. The van der Waals surface area contributed by atoms with Gasteiger partial charge in [0.15, 0.2) is 5.75 Å². The number of nitrogens with zero attached hydrogens (tertiary/aromatic N) is 4. The van der Waals surface area contributed by atoms with Crippen molar-refractivity contribution in [3.8, 4) is 11.5 Å². The molecule has 12 heteroatoms. The van der Waals surface area contributed by atoms with Gasteiger partial charge in [0.1, 0.15) is 5.75 Å². The van der Waals surface area contributed by atoms with E-state index in [0.29, 0.717) is 17.1 Å². The second-order valence-electron chi connectivity index (χ2n) is 6.34. The fraction of sp³-hybridized carbons (Fsp3) is 0.100. The molecular formula is C20H16N4O8. The predicted octanol–water partition coefficient (Wildman–Crippen LogP) is 4.90. The molecule has 0 saturated heterocycles. The minimum Gasteiger partial charge on any atom is -0.494 e. The lowest BCUT2D eigenvalue weighted by Gasteiger charge is -2.27. The fourth-order valence-corrected chi connectivity index (χ4v) is 3.06. The molecule has 0 aliphatic rings. The predicted molar refractivity (Wildman–Crippen MR) is 114 cm³/mol. The topological polar surface area (TPSA) is 151 Å². The first-order valence-corrected chi connectivity index (χ1v) is 8.96. The Morgan fingerprint density at radius 1 is 0.656 bits per heavy atom. The summed E-state index contributed by atoms with van der Waals surface area (Å²) in [6, 6.07) is 13.7. The third kappa shape index (κ3) is 4.23. The van der Waals surface area contributed by atoms with E-state index in [0.717, 1.165) is 0 Å². The number of nitro groups is 3. The maximum Gasteiger partial charge on any atom is 0.314 e. The van der Waals surface area contributed by atoms with Crippen LogP contribution >= 0.6 is 0 Å². The maximum absolute atomic E-state index is 11.4. The Kier molecular flexibility index (Phi) is 6.14. The van der Waals surface area contributed by atoms with Gasteiger partial charge in [-0.1, -0.05) is 0 Å². The van der Waals surface area contributed by atoms with E-state index in [-0.39, 0.29) is 28.6 Å². The van der Waals surface area contributed by atoms with Gasteiger partial charge in [-0.2, -0.15) is 0 Å². The Morgan fingerprint density at radius 3 is 1.44 bits per heavy atom. The highest BCUT2D eigenvalue weighted by Gasteiger charge is 2.25. The standard InChI is InChI=1S/C20H16N4O8/c1-31-19-12-18(24(29)30)20(32-2)11-17(19)21(13-3-7-15(8-4-13)22(25)26)14-5-9-16(10-6-14)23(27)28/h3-12H,1-2H3. The Hall–Kier alpha value is -4.74. The third-order valence-corrected chi connectivity index (χ3v) is 4.56. The van der Waals surface area contributed by atoms with Crippen molar-refractivity contribution < 1.29 is 24.2 Å². The average molecular weight is 440 g/mol. The summed E-state index contributed by atoms with van der Waals surface area (Å²) in [6.07, 6.45) is 0. The van der Waals surface area contributed by atoms with Gasteiger partial charge in [0.05, 0.1) is 40.7 Å². The fourth-order valence-electron chi connectivity index (χ4n) is 3.06. The average Bonchev–Trinajstić information content (AvgIpc) is 2.79.